The van der Waals surface area contributed by atoms with Crippen LogP contribution in [0, 0.1) is 5.41 Å². The van der Waals surface area contributed by atoms with Crippen LogP contribution in [0.15, 0.2) is 18.2 Å². The van der Waals surface area contributed by atoms with E-state index < -0.39 is 0 Å². The first kappa shape index (κ1) is 16.0. The van der Waals surface area contributed by atoms with Crippen LogP contribution in [0.4, 0.5) is 0 Å². The summed E-state index contributed by atoms with van der Waals surface area (Å²) < 4.78 is 5.40. The van der Waals surface area contributed by atoms with Crippen LogP contribution in [0.2, 0.25) is 0 Å². The van der Waals surface area contributed by atoms with Crippen LogP contribution in [0.1, 0.15) is 65.1 Å². The SMILES string of the molecule is COc1ccc(C(C)(C)CC(C)(C)C)cc1C(C)N. The lowest BCUT2D eigenvalue weighted by atomic mass is 9.72. The largest absolute Gasteiger partial charge is 0.496 e. The van der Waals surface area contributed by atoms with Crippen LogP contribution in [-0.2, 0) is 5.41 Å². The van der Waals surface area contributed by atoms with Crippen LogP contribution in [-0.4, -0.2) is 7.11 Å². The van der Waals surface area contributed by atoms with Crippen molar-refractivity contribution in [3.8, 4) is 5.75 Å². The van der Waals surface area contributed by atoms with E-state index in [9.17, 15) is 0 Å². The Hall–Kier alpha value is -1.02. The molecule has 0 heterocycles. The van der Waals surface area contributed by atoms with Gasteiger partial charge in [0.25, 0.3) is 0 Å². The molecule has 1 aromatic rings. The second-order valence-corrected chi connectivity index (χ2v) is 7.37. The fourth-order valence-electron chi connectivity index (χ4n) is 2.94. The van der Waals surface area contributed by atoms with E-state index in [0.717, 1.165) is 17.7 Å². The Morgan fingerprint density at radius 1 is 1.16 bits per heavy atom. The van der Waals surface area contributed by atoms with Gasteiger partial charge in [0, 0.05) is 11.6 Å². The third-order valence-electron chi connectivity index (χ3n) is 3.47. The molecular formula is C17H29NO. The van der Waals surface area contributed by atoms with Gasteiger partial charge in [-0.05, 0) is 35.8 Å². The van der Waals surface area contributed by atoms with E-state index in [-0.39, 0.29) is 11.5 Å². The number of hydrogen-bond donors (Lipinski definition) is 1. The zero-order valence-electron chi connectivity index (χ0n) is 13.5. The second-order valence-electron chi connectivity index (χ2n) is 7.37. The van der Waals surface area contributed by atoms with E-state index in [1.54, 1.807) is 7.11 Å². The Bertz CT molecular complexity index is 427. The molecule has 0 fully saturated rings. The highest BCUT2D eigenvalue weighted by Crippen LogP contribution is 2.38. The molecule has 0 saturated carbocycles. The van der Waals surface area contributed by atoms with Crippen LogP contribution >= 0.6 is 0 Å². The molecule has 0 aromatic heterocycles. The minimum atomic E-state index is -0.0136. The molecule has 1 aromatic carbocycles. The smallest absolute Gasteiger partial charge is 0.123 e. The van der Waals surface area contributed by atoms with Crippen molar-refractivity contribution in [1.82, 2.24) is 0 Å². The van der Waals surface area contributed by atoms with Gasteiger partial charge in [-0.3, -0.25) is 0 Å². The summed E-state index contributed by atoms with van der Waals surface area (Å²) in [4.78, 5) is 0. The average Bonchev–Trinajstić information content (AvgIpc) is 2.24. The summed E-state index contributed by atoms with van der Waals surface area (Å²) in [6.07, 6.45) is 1.13. The van der Waals surface area contributed by atoms with Crippen molar-refractivity contribution in [3.05, 3.63) is 29.3 Å². The Morgan fingerprint density at radius 3 is 2.16 bits per heavy atom. The molecule has 1 atom stereocenters. The van der Waals surface area contributed by atoms with E-state index in [0.29, 0.717) is 5.41 Å². The van der Waals surface area contributed by atoms with Crippen molar-refractivity contribution in [3.63, 3.8) is 0 Å². The summed E-state index contributed by atoms with van der Waals surface area (Å²) >= 11 is 0. The quantitative estimate of drug-likeness (QED) is 0.872. The summed E-state index contributed by atoms with van der Waals surface area (Å²) in [5.74, 6) is 0.880. The Balaban J connectivity index is 3.17. The summed E-state index contributed by atoms with van der Waals surface area (Å²) in [7, 11) is 1.70. The molecule has 0 radical (unpaired) electrons. The maximum atomic E-state index is 6.05. The van der Waals surface area contributed by atoms with Crippen LogP contribution in [0.3, 0.4) is 0 Å². The maximum absolute atomic E-state index is 6.05. The predicted molar refractivity (Wildman–Crippen MR) is 82.7 cm³/mol. The average molecular weight is 263 g/mol. The zero-order valence-corrected chi connectivity index (χ0v) is 13.5. The Kier molecular flexibility index (Phi) is 4.67. The highest BCUT2D eigenvalue weighted by molar-refractivity contribution is 5.41. The molecule has 1 unspecified atom stereocenters. The molecular weight excluding hydrogens is 234 g/mol. The summed E-state index contributed by atoms with van der Waals surface area (Å²) in [5, 5.41) is 0. The van der Waals surface area contributed by atoms with Gasteiger partial charge in [0.05, 0.1) is 7.11 Å². The van der Waals surface area contributed by atoms with Gasteiger partial charge in [-0.25, -0.2) is 0 Å². The molecule has 108 valence electrons. The van der Waals surface area contributed by atoms with Crippen LogP contribution in [0.25, 0.3) is 0 Å². The van der Waals surface area contributed by atoms with Gasteiger partial charge in [0.2, 0.25) is 0 Å². The van der Waals surface area contributed by atoms with Crippen molar-refractivity contribution in [2.45, 2.75) is 59.4 Å². The molecule has 19 heavy (non-hydrogen) atoms. The minimum Gasteiger partial charge on any atom is -0.496 e. The van der Waals surface area contributed by atoms with Crippen LogP contribution in [0.5, 0.6) is 5.75 Å². The van der Waals surface area contributed by atoms with E-state index in [4.69, 9.17) is 10.5 Å². The normalized spacial score (nSPS) is 14.3. The van der Waals surface area contributed by atoms with Crippen LogP contribution < -0.4 is 10.5 Å². The van der Waals surface area contributed by atoms with Gasteiger partial charge >= 0.3 is 0 Å². The molecule has 0 spiro atoms. The lowest BCUT2D eigenvalue weighted by Gasteiger charge is -2.33. The monoisotopic (exact) mass is 263 g/mol. The van der Waals surface area contributed by atoms with Crippen molar-refractivity contribution < 1.29 is 4.74 Å². The minimum absolute atomic E-state index is 0.0136. The van der Waals surface area contributed by atoms with Crippen molar-refractivity contribution >= 4 is 0 Å². The number of nitrogens with two attached hydrogens (primary N) is 1. The number of rotatable bonds is 4. The molecule has 0 aliphatic carbocycles. The highest BCUT2D eigenvalue weighted by Gasteiger charge is 2.28. The van der Waals surface area contributed by atoms with Gasteiger partial charge in [-0.1, -0.05) is 46.8 Å². The molecule has 0 aliphatic rings. The summed E-state index contributed by atoms with van der Waals surface area (Å²) in [5.41, 5.74) is 8.90. The standard InChI is InChI=1S/C17H29NO/c1-12(18)14-10-13(8-9-15(14)19-7)17(5,6)11-16(2,3)4/h8-10,12H,11,18H2,1-7H3. The molecule has 1 rings (SSSR count). The van der Waals surface area contributed by atoms with Crippen molar-refractivity contribution in [1.29, 1.82) is 0 Å². The Labute approximate surface area is 118 Å². The third kappa shape index (κ3) is 4.24. The van der Waals surface area contributed by atoms with Gasteiger partial charge in [-0.2, -0.15) is 0 Å². The number of ether oxygens (including phenoxy) is 1. The first-order valence-electron chi connectivity index (χ1n) is 7.01. The van der Waals surface area contributed by atoms with Gasteiger partial charge in [0.15, 0.2) is 0 Å². The third-order valence-corrected chi connectivity index (χ3v) is 3.47. The molecule has 2 heteroatoms. The lowest BCUT2D eigenvalue weighted by Crippen LogP contribution is -2.25. The van der Waals surface area contributed by atoms with E-state index in [1.165, 1.54) is 5.56 Å². The lowest BCUT2D eigenvalue weighted by molar-refractivity contribution is 0.283. The molecule has 0 amide bonds. The molecule has 0 aliphatic heterocycles. The molecule has 0 bridgehead atoms. The molecule has 2 nitrogen and oxygen atoms in total. The topological polar surface area (TPSA) is 35.2 Å². The number of benzene rings is 1. The van der Waals surface area contributed by atoms with Gasteiger partial charge < -0.3 is 10.5 Å². The van der Waals surface area contributed by atoms with Crippen molar-refractivity contribution in [2.24, 2.45) is 11.1 Å². The van der Waals surface area contributed by atoms with E-state index in [1.807, 2.05) is 13.0 Å². The fraction of sp³-hybridized carbons (Fsp3) is 0.647. The fourth-order valence-corrected chi connectivity index (χ4v) is 2.94. The first-order chi connectivity index (χ1) is 8.57. The van der Waals surface area contributed by atoms with Gasteiger partial charge in [-0.15, -0.1) is 0 Å². The van der Waals surface area contributed by atoms with Crippen molar-refractivity contribution in [2.75, 3.05) is 7.11 Å². The molecule has 2 N–H and O–H groups in total. The highest BCUT2D eigenvalue weighted by atomic mass is 16.5. The summed E-state index contributed by atoms with van der Waals surface area (Å²) in [6, 6.07) is 6.39. The molecule has 0 saturated heterocycles. The Morgan fingerprint density at radius 2 is 1.74 bits per heavy atom. The number of methoxy groups -OCH3 is 1. The van der Waals surface area contributed by atoms with E-state index in [2.05, 4.69) is 46.8 Å². The zero-order chi connectivity index (χ0) is 14.8. The second kappa shape index (κ2) is 5.54. The van der Waals surface area contributed by atoms with Gasteiger partial charge in [0.1, 0.15) is 5.75 Å². The maximum Gasteiger partial charge on any atom is 0.123 e. The van der Waals surface area contributed by atoms with E-state index >= 15 is 0 Å². The first-order valence-corrected chi connectivity index (χ1v) is 7.01. The predicted octanol–water partition coefficient (Wildman–Crippen LogP) is 4.43. The summed E-state index contributed by atoms with van der Waals surface area (Å²) in [6.45, 7) is 13.4. The number of hydrogen-bond acceptors (Lipinski definition) is 2.